The van der Waals surface area contributed by atoms with Crippen molar-refractivity contribution in [3.8, 4) is 11.8 Å². The molecule has 1 rings (SSSR count). The number of nitrogens with zero attached hydrogens (tertiary/aromatic N) is 1. The van der Waals surface area contributed by atoms with Gasteiger partial charge in [-0.05, 0) is 12.1 Å². The summed E-state index contributed by atoms with van der Waals surface area (Å²) in [6.45, 7) is 3.32. The first-order valence-corrected chi connectivity index (χ1v) is 3.25. The Bertz CT molecular complexity index is 341. The summed E-state index contributed by atoms with van der Waals surface area (Å²) in [5.41, 5.74) is 0.00594. The van der Waals surface area contributed by atoms with Crippen LogP contribution in [0.5, 0.6) is 5.75 Å². The minimum Gasteiger partial charge on any atom is -0.466 e. The van der Waals surface area contributed by atoms with E-state index in [2.05, 4.69) is 6.58 Å². The summed E-state index contributed by atoms with van der Waals surface area (Å²) in [5.74, 6) is -0.252. The van der Waals surface area contributed by atoms with Crippen LogP contribution in [0.15, 0.2) is 31.0 Å². The Balaban J connectivity index is 3.03. The Morgan fingerprint density at radius 1 is 1.58 bits per heavy atom. The van der Waals surface area contributed by atoms with Gasteiger partial charge in [0.1, 0.15) is 17.6 Å². The minimum absolute atomic E-state index is 0.00594. The summed E-state index contributed by atoms with van der Waals surface area (Å²) in [6.07, 6.45) is 1.20. The van der Waals surface area contributed by atoms with Gasteiger partial charge in [-0.25, -0.2) is 4.39 Å². The van der Waals surface area contributed by atoms with E-state index in [1.54, 1.807) is 6.07 Å². The van der Waals surface area contributed by atoms with E-state index >= 15 is 0 Å². The van der Waals surface area contributed by atoms with Gasteiger partial charge in [-0.3, -0.25) is 0 Å². The topological polar surface area (TPSA) is 33.0 Å². The maximum Gasteiger partial charge on any atom is 0.144 e. The normalized spacial score (nSPS) is 8.67. The van der Waals surface area contributed by atoms with E-state index in [-0.39, 0.29) is 5.56 Å². The Morgan fingerprint density at radius 3 is 2.83 bits per heavy atom. The van der Waals surface area contributed by atoms with Gasteiger partial charge in [0.05, 0.1) is 11.8 Å². The van der Waals surface area contributed by atoms with Gasteiger partial charge in [0.25, 0.3) is 0 Å². The molecule has 0 N–H and O–H groups in total. The fourth-order valence-electron chi connectivity index (χ4n) is 0.756. The lowest BCUT2D eigenvalue weighted by Crippen LogP contribution is -1.86. The van der Waals surface area contributed by atoms with Crippen LogP contribution in [0.25, 0.3) is 0 Å². The molecule has 0 atom stereocenters. The van der Waals surface area contributed by atoms with E-state index in [0.717, 1.165) is 6.07 Å². The molecule has 12 heavy (non-hydrogen) atoms. The van der Waals surface area contributed by atoms with Crippen LogP contribution >= 0.6 is 0 Å². The first-order chi connectivity index (χ1) is 5.77. The van der Waals surface area contributed by atoms with Gasteiger partial charge in [0.15, 0.2) is 0 Å². The van der Waals surface area contributed by atoms with Crippen molar-refractivity contribution in [1.29, 1.82) is 5.26 Å². The smallest absolute Gasteiger partial charge is 0.144 e. The highest BCUT2D eigenvalue weighted by Crippen LogP contribution is 2.15. The number of benzene rings is 1. The van der Waals surface area contributed by atoms with Crippen LogP contribution in [-0.2, 0) is 0 Å². The quantitative estimate of drug-likeness (QED) is 0.626. The fourth-order valence-corrected chi connectivity index (χ4v) is 0.756. The first-order valence-electron chi connectivity index (χ1n) is 3.25. The summed E-state index contributed by atoms with van der Waals surface area (Å²) in [6, 6.07) is 5.71. The number of rotatable bonds is 2. The molecule has 3 heteroatoms. The lowest BCUT2D eigenvalue weighted by atomic mass is 10.2. The molecule has 60 valence electrons. The number of ether oxygens (including phenoxy) is 1. The second-order valence-corrected chi connectivity index (χ2v) is 2.04. The van der Waals surface area contributed by atoms with Crippen molar-refractivity contribution < 1.29 is 9.13 Å². The molecule has 0 aliphatic heterocycles. The molecule has 0 radical (unpaired) electrons. The number of nitriles is 1. The zero-order valence-corrected chi connectivity index (χ0v) is 6.25. The average molecular weight is 163 g/mol. The highest BCUT2D eigenvalue weighted by atomic mass is 19.1. The lowest BCUT2D eigenvalue weighted by molar-refractivity contribution is 0.477. The largest absolute Gasteiger partial charge is 0.466 e. The standard InChI is InChI=1S/C9H6FNO/c1-2-12-8-4-3-7(6-11)9(10)5-8/h2-5H,1H2. The predicted octanol–water partition coefficient (Wildman–Crippen LogP) is 2.22. The molecule has 2 nitrogen and oxygen atoms in total. The van der Waals surface area contributed by atoms with Crippen molar-refractivity contribution in [2.24, 2.45) is 0 Å². The van der Waals surface area contributed by atoms with Crippen LogP contribution in [0.3, 0.4) is 0 Å². The van der Waals surface area contributed by atoms with E-state index in [4.69, 9.17) is 10.00 Å². The SMILES string of the molecule is C=COc1ccc(C#N)c(F)c1. The third kappa shape index (κ3) is 1.61. The lowest BCUT2D eigenvalue weighted by Gasteiger charge is -1.99. The van der Waals surface area contributed by atoms with Gasteiger partial charge in [-0.2, -0.15) is 5.26 Å². The van der Waals surface area contributed by atoms with E-state index in [9.17, 15) is 4.39 Å². The molecule has 1 aromatic rings. The molecule has 1 aromatic carbocycles. The van der Waals surface area contributed by atoms with Gasteiger partial charge < -0.3 is 4.74 Å². The van der Waals surface area contributed by atoms with E-state index in [1.807, 2.05) is 0 Å². The van der Waals surface area contributed by atoms with Crippen molar-refractivity contribution in [2.45, 2.75) is 0 Å². The molecule has 0 aliphatic carbocycles. The predicted molar refractivity (Wildman–Crippen MR) is 41.9 cm³/mol. The van der Waals surface area contributed by atoms with Gasteiger partial charge in [-0.1, -0.05) is 6.58 Å². The second-order valence-electron chi connectivity index (χ2n) is 2.04. The highest BCUT2D eigenvalue weighted by molar-refractivity contribution is 5.36. The van der Waals surface area contributed by atoms with Crippen molar-refractivity contribution in [2.75, 3.05) is 0 Å². The van der Waals surface area contributed by atoms with Crippen molar-refractivity contribution in [3.05, 3.63) is 42.4 Å². The van der Waals surface area contributed by atoms with E-state index in [1.165, 1.54) is 18.4 Å². The number of halogens is 1. The van der Waals surface area contributed by atoms with Crippen LogP contribution in [0.1, 0.15) is 5.56 Å². The Morgan fingerprint density at radius 2 is 2.33 bits per heavy atom. The molecule has 0 heterocycles. The van der Waals surface area contributed by atoms with Gasteiger partial charge >= 0.3 is 0 Å². The van der Waals surface area contributed by atoms with Crippen LogP contribution in [0, 0.1) is 17.1 Å². The van der Waals surface area contributed by atoms with Crippen molar-refractivity contribution >= 4 is 0 Å². The van der Waals surface area contributed by atoms with Gasteiger partial charge in [0.2, 0.25) is 0 Å². The summed E-state index contributed by atoms with van der Waals surface area (Å²) < 4.78 is 17.6. The van der Waals surface area contributed by atoms with Gasteiger partial charge in [-0.15, -0.1) is 0 Å². The van der Waals surface area contributed by atoms with Crippen molar-refractivity contribution in [1.82, 2.24) is 0 Å². The fraction of sp³-hybridized carbons (Fsp3) is 0. The van der Waals surface area contributed by atoms with Crippen molar-refractivity contribution in [3.63, 3.8) is 0 Å². The van der Waals surface area contributed by atoms with E-state index in [0.29, 0.717) is 5.75 Å². The molecule has 0 aromatic heterocycles. The number of hydrogen-bond donors (Lipinski definition) is 0. The third-order valence-electron chi connectivity index (χ3n) is 1.28. The Labute approximate surface area is 69.5 Å². The molecule has 0 bridgehead atoms. The zero-order valence-electron chi connectivity index (χ0n) is 6.25. The molecule has 0 saturated carbocycles. The van der Waals surface area contributed by atoms with Crippen LogP contribution in [-0.4, -0.2) is 0 Å². The second kappa shape index (κ2) is 3.54. The molecule has 0 aliphatic rings. The zero-order chi connectivity index (χ0) is 8.97. The molecule has 0 spiro atoms. The third-order valence-corrected chi connectivity index (χ3v) is 1.28. The summed E-state index contributed by atoms with van der Waals surface area (Å²) in [7, 11) is 0. The first kappa shape index (κ1) is 8.28. The van der Waals surface area contributed by atoms with Crippen LogP contribution in [0.4, 0.5) is 4.39 Å². The highest BCUT2D eigenvalue weighted by Gasteiger charge is 2.01. The molecular formula is C9H6FNO. The molecule has 0 amide bonds. The summed E-state index contributed by atoms with van der Waals surface area (Å²) >= 11 is 0. The number of hydrogen-bond acceptors (Lipinski definition) is 2. The average Bonchev–Trinajstić information content (AvgIpc) is 2.05. The Kier molecular flexibility index (Phi) is 2.44. The monoisotopic (exact) mass is 163 g/mol. The summed E-state index contributed by atoms with van der Waals surface area (Å²) in [5, 5.41) is 8.39. The minimum atomic E-state index is -0.586. The molecular weight excluding hydrogens is 157 g/mol. The van der Waals surface area contributed by atoms with Crippen LogP contribution < -0.4 is 4.74 Å². The maximum absolute atomic E-state index is 12.8. The maximum atomic E-state index is 12.8. The molecule has 0 fully saturated rings. The van der Waals surface area contributed by atoms with Crippen LogP contribution in [0.2, 0.25) is 0 Å². The Hall–Kier alpha value is -1.82. The van der Waals surface area contributed by atoms with E-state index < -0.39 is 5.82 Å². The molecule has 0 unspecified atom stereocenters. The van der Waals surface area contributed by atoms with Gasteiger partial charge in [0, 0.05) is 6.07 Å². The molecule has 0 saturated heterocycles. The summed E-state index contributed by atoms with van der Waals surface area (Å²) in [4.78, 5) is 0.